The van der Waals surface area contributed by atoms with Crippen LogP contribution in [0.25, 0.3) is 0 Å². The molecular weight excluding hydrogens is 198 g/mol. The Balaban J connectivity index is 4.33. The van der Waals surface area contributed by atoms with Crippen LogP contribution in [0.15, 0.2) is 0 Å². The van der Waals surface area contributed by atoms with Crippen LogP contribution >= 0.6 is 0 Å². The van der Waals surface area contributed by atoms with Crippen LogP contribution in [0.2, 0.25) is 0 Å². The fraction of sp³-hybridized carbons (Fsp3) is 1.00. The van der Waals surface area contributed by atoms with Gasteiger partial charge in [-0.2, -0.15) is 0 Å². The van der Waals surface area contributed by atoms with Crippen molar-refractivity contribution >= 4 is 9.84 Å². The first-order chi connectivity index (χ1) is 6.28. The smallest absolute Gasteiger partial charge is 0.152 e. The van der Waals surface area contributed by atoms with E-state index in [0.29, 0.717) is 5.92 Å². The van der Waals surface area contributed by atoms with Crippen LogP contribution in [0.1, 0.15) is 27.7 Å². The summed E-state index contributed by atoms with van der Waals surface area (Å²) in [5.41, 5.74) is 0. The van der Waals surface area contributed by atoms with E-state index < -0.39 is 9.84 Å². The van der Waals surface area contributed by atoms with E-state index in [2.05, 4.69) is 5.32 Å². The Kier molecular flexibility index (Phi) is 5.67. The van der Waals surface area contributed by atoms with Crippen molar-refractivity contribution in [1.82, 2.24) is 5.32 Å². The van der Waals surface area contributed by atoms with Crippen LogP contribution in [-0.2, 0) is 9.84 Å². The van der Waals surface area contributed by atoms with Crippen molar-refractivity contribution in [1.29, 1.82) is 0 Å². The molecule has 0 aromatic carbocycles. The molecule has 4 heteroatoms. The molecule has 86 valence electrons. The highest BCUT2D eigenvalue weighted by Crippen LogP contribution is 2.08. The molecular formula is C10H23NO2S. The van der Waals surface area contributed by atoms with Gasteiger partial charge in [0.2, 0.25) is 0 Å². The third kappa shape index (κ3) is 5.60. The normalized spacial score (nSPS) is 15.1. The topological polar surface area (TPSA) is 46.2 Å². The molecule has 14 heavy (non-hydrogen) atoms. The van der Waals surface area contributed by atoms with Gasteiger partial charge in [-0.05, 0) is 18.9 Å². The highest BCUT2D eigenvalue weighted by Gasteiger charge is 2.21. The molecule has 0 aliphatic carbocycles. The van der Waals surface area contributed by atoms with E-state index >= 15 is 0 Å². The minimum atomic E-state index is -2.90. The molecule has 0 radical (unpaired) electrons. The van der Waals surface area contributed by atoms with Crippen LogP contribution in [0.4, 0.5) is 0 Å². The van der Waals surface area contributed by atoms with Gasteiger partial charge in [-0.1, -0.05) is 27.7 Å². The van der Waals surface area contributed by atoms with E-state index in [1.807, 2.05) is 34.7 Å². The van der Waals surface area contributed by atoms with Gasteiger partial charge in [0.05, 0.1) is 11.5 Å². The quantitative estimate of drug-likeness (QED) is 0.735. The summed E-state index contributed by atoms with van der Waals surface area (Å²) in [6, 6.07) is 0.0683. The second-order valence-electron chi connectivity index (χ2n) is 4.61. The average Bonchev–Trinajstić information content (AvgIpc) is 1.97. The maximum absolute atomic E-state index is 11.7. The minimum Gasteiger partial charge on any atom is -0.316 e. The monoisotopic (exact) mass is 221 g/mol. The fourth-order valence-corrected chi connectivity index (χ4v) is 3.71. The summed E-state index contributed by atoms with van der Waals surface area (Å²) in [4.78, 5) is 0. The summed E-state index contributed by atoms with van der Waals surface area (Å²) in [6.45, 7) is 7.93. The molecule has 0 rings (SSSR count). The Morgan fingerprint density at radius 2 is 1.57 bits per heavy atom. The Morgan fingerprint density at radius 3 is 1.86 bits per heavy atom. The highest BCUT2D eigenvalue weighted by molar-refractivity contribution is 7.91. The van der Waals surface area contributed by atoms with Crippen LogP contribution < -0.4 is 5.32 Å². The lowest BCUT2D eigenvalue weighted by molar-refractivity contribution is 0.453. The lowest BCUT2D eigenvalue weighted by atomic mass is 10.1. The number of hydrogen-bond donors (Lipinski definition) is 1. The summed E-state index contributed by atoms with van der Waals surface area (Å²) in [5, 5.41) is 3.05. The lowest BCUT2D eigenvalue weighted by Gasteiger charge is -2.20. The van der Waals surface area contributed by atoms with Crippen molar-refractivity contribution in [2.75, 3.05) is 18.6 Å². The largest absolute Gasteiger partial charge is 0.316 e. The van der Waals surface area contributed by atoms with E-state index in [4.69, 9.17) is 0 Å². The Labute approximate surface area is 88.2 Å². The summed E-state index contributed by atoms with van der Waals surface area (Å²) in [7, 11) is -1.08. The molecule has 0 heterocycles. The van der Waals surface area contributed by atoms with Crippen molar-refractivity contribution in [2.45, 2.75) is 33.7 Å². The van der Waals surface area contributed by atoms with E-state index in [9.17, 15) is 8.42 Å². The highest BCUT2D eigenvalue weighted by atomic mass is 32.2. The van der Waals surface area contributed by atoms with Crippen LogP contribution in [0.5, 0.6) is 0 Å². The van der Waals surface area contributed by atoms with Gasteiger partial charge >= 0.3 is 0 Å². The standard InChI is InChI=1S/C10H23NO2S/c1-8(2)6-14(12,13)7-10(11-5)9(3)4/h8-11H,6-7H2,1-5H3. The summed E-state index contributed by atoms with van der Waals surface area (Å²) < 4.78 is 23.3. The average molecular weight is 221 g/mol. The van der Waals surface area contributed by atoms with Gasteiger partial charge in [0.1, 0.15) is 0 Å². The van der Waals surface area contributed by atoms with Crippen molar-refractivity contribution in [3.8, 4) is 0 Å². The Morgan fingerprint density at radius 1 is 1.07 bits per heavy atom. The molecule has 0 aliphatic heterocycles. The van der Waals surface area contributed by atoms with Crippen molar-refractivity contribution < 1.29 is 8.42 Å². The molecule has 0 fully saturated rings. The minimum absolute atomic E-state index is 0.0683. The second-order valence-corrected chi connectivity index (χ2v) is 6.76. The lowest BCUT2D eigenvalue weighted by Crippen LogP contribution is -2.38. The van der Waals surface area contributed by atoms with E-state index in [1.54, 1.807) is 0 Å². The molecule has 0 aromatic rings. The van der Waals surface area contributed by atoms with Crippen LogP contribution in [0, 0.1) is 11.8 Å². The third-order valence-electron chi connectivity index (χ3n) is 2.20. The molecule has 0 bridgehead atoms. The van der Waals surface area contributed by atoms with Gasteiger partial charge in [-0.25, -0.2) is 8.42 Å². The molecule has 0 aromatic heterocycles. The van der Waals surface area contributed by atoms with Gasteiger partial charge in [0, 0.05) is 6.04 Å². The van der Waals surface area contributed by atoms with Crippen LogP contribution in [-0.4, -0.2) is 33.0 Å². The van der Waals surface area contributed by atoms with Gasteiger partial charge in [-0.3, -0.25) is 0 Å². The zero-order valence-corrected chi connectivity index (χ0v) is 10.7. The molecule has 0 saturated heterocycles. The molecule has 0 saturated carbocycles. The Hall–Kier alpha value is -0.0900. The molecule has 3 nitrogen and oxygen atoms in total. The SMILES string of the molecule is CNC(CS(=O)(=O)CC(C)C)C(C)C. The predicted molar refractivity (Wildman–Crippen MR) is 61.2 cm³/mol. The van der Waals surface area contributed by atoms with Gasteiger partial charge in [0.25, 0.3) is 0 Å². The zero-order valence-electron chi connectivity index (χ0n) is 9.87. The second kappa shape index (κ2) is 5.71. The fourth-order valence-electron chi connectivity index (χ4n) is 1.46. The number of hydrogen-bond acceptors (Lipinski definition) is 3. The van der Waals surface area contributed by atoms with Crippen molar-refractivity contribution in [3.63, 3.8) is 0 Å². The van der Waals surface area contributed by atoms with E-state index in [0.717, 1.165) is 0 Å². The summed E-state index contributed by atoms with van der Waals surface area (Å²) >= 11 is 0. The van der Waals surface area contributed by atoms with E-state index in [1.165, 1.54) is 0 Å². The molecule has 1 unspecified atom stereocenters. The van der Waals surface area contributed by atoms with Gasteiger partial charge < -0.3 is 5.32 Å². The Bertz CT molecular complexity index is 245. The molecule has 0 aliphatic rings. The van der Waals surface area contributed by atoms with Crippen LogP contribution in [0.3, 0.4) is 0 Å². The zero-order chi connectivity index (χ0) is 11.4. The molecule has 0 spiro atoms. The number of nitrogens with one attached hydrogen (secondary N) is 1. The van der Waals surface area contributed by atoms with Crippen molar-refractivity contribution in [2.24, 2.45) is 11.8 Å². The van der Waals surface area contributed by atoms with Crippen molar-refractivity contribution in [3.05, 3.63) is 0 Å². The summed E-state index contributed by atoms with van der Waals surface area (Å²) in [6.07, 6.45) is 0. The number of rotatable bonds is 6. The molecule has 1 N–H and O–H groups in total. The van der Waals surface area contributed by atoms with Gasteiger partial charge in [-0.15, -0.1) is 0 Å². The molecule has 0 amide bonds. The predicted octanol–water partition coefficient (Wildman–Crippen LogP) is 1.30. The maximum atomic E-state index is 11.7. The van der Waals surface area contributed by atoms with E-state index in [-0.39, 0.29) is 23.5 Å². The first-order valence-corrected chi connectivity index (χ1v) is 6.98. The molecule has 1 atom stereocenters. The number of sulfone groups is 1. The maximum Gasteiger partial charge on any atom is 0.152 e. The van der Waals surface area contributed by atoms with Gasteiger partial charge in [0.15, 0.2) is 9.84 Å². The first-order valence-electron chi connectivity index (χ1n) is 5.16. The first kappa shape index (κ1) is 13.9. The summed E-state index contributed by atoms with van der Waals surface area (Å²) in [5.74, 6) is 1.10. The third-order valence-corrected chi connectivity index (χ3v) is 4.24.